The van der Waals surface area contributed by atoms with Gasteiger partial charge in [-0.25, -0.2) is 4.99 Å². The quantitative estimate of drug-likeness (QED) is 0.243. The lowest BCUT2D eigenvalue weighted by molar-refractivity contribution is -0.137. The highest BCUT2D eigenvalue weighted by Crippen LogP contribution is 2.29. The van der Waals surface area contributed by atoms with E-state index < -0.39 is 17.3 Å². The first-order valence-corrected chi connectivity index (χ1v) is 8.67. The molecule has 1 unspecified atom stereocenters. The summed E-state index contributed by atoms with van der Waals surface area (Å²) in [5.74, 6) is 6.28. The van der Waals surface area contributed by atoms with Crippen molar-refractivity contribution in [2.24, 2.45) is 4.99 Å². The third-order valence-corrected chi connectivity index (χ3v) is 3.71. The van der Waals surface area contributed by atoms with Crippen LogP contribution in [0.4, 0.5) is 13.2 Å². The number of halogens is 4. The molecule has 2 rings (SSSR count). The minimum atomic E-state index is -4.40. The lowest BCUT2D eigenvalue weighted by Gasteiger charge is -2.19. The summed E-state index contributed by atoms with van der Waals surface area (Å²) in [7, 11) is 0. The number of hydrogen-bond donors (Lipinski definition) is 3. The number of alkyl halides is 3. The third kappa shape index (κ3) is 7.98. The van der Waals surface area contributed by atoms with Crippen molar-refractivity contribution in [2.45, 2.75) is 25.6 Å². The van der Waals surface area contributed by atoms with Crippen molar-refractivity contribution in [3.63, 3.8) is 0 Å². The predicted molar refractivity (Wildman–Crippen MR) is 116 cm³/mol. The van der Waals surface area contributed by atoms with Gasteiger partial charge in [-0.05, 0) is 44.2 Å². The maximum absolute atomic E-state index is 12.7. The van der Waals surface area contributed by atoms with Crippen LogP contribution in [-0.4, -0.2) is 30.7 Å². The Hall–Kier alpha value is -2.19. The van der Waals surface area contributed by atoms with E-state index in [2.05, 4.69) is 27.5 Å². The van der Waals surface area contributed by atoms with Gasteiger partial charge in [-0.2, -0.15) is 13.2 Å². The molecule has 0 amide bonds. The summed E-state index contributed by atoms with van der Waals surface area (Å²) in [4.78, 5) is 4.30. The van der Waals surface area contributed by atoms with E-state index in [1.165, 1.54) is 18.4 Å². The van der Waals surface area contributed by atoms with Crippen LogP contribution in [0.3, 0.4) is 0 Å². The van der Waals surface area contributed by atoms with Crippen molar-refractivity contribution < 1.29 is 22.7 Å². The number of aliphatic imine (C=N–C) groups is 1. The van der Waals surface area contributed by atoms with Gasteiger partial charge in [-0.15, -0.1) is 24.0 Å². The monoisotopic (exact) mass is 521 g/mol. The fourth-order valence-electron chi connectivity index (χ4n) is 2.29. The second-order valence-corrected chi connectivity index (χ2v) is 6.18. The Morgan fingerprint density at radius 1 is 1.21 bits per heavy atom. The molecular formula is C20H23F3IN3O2. The molecule has 2 aromatic rings. The van der Waals surface area contributed by atoms with E-state index in [1.807, 2.05) is 6.92 Å². The highest BCUT2D eigenvalue weighted by Gasteiger charge is 2.30. The molecule has 0 fully saturated rings. The van der Waals surface area contributed by atoms with Gasteiger partial charge in [-0.1, -0.05) is 17.9 Å². The Bertz CT molecular complexity index is 854. The second-order valence-electron chi connectivity index (χ2n) is 6.18. The first-order valence-electron chi connectivity index (χ1n) is 8.67. The fraction of sp³-hybridized carbons (Fsp3) is 0.350. The summed E-state index contributed by atoms with van der Waals surface area (Å²) in [5, 5.41) is 16.4. The summed E-state index contributed by atoms with van der Waals surface area (Å²) < 4.78 is 43.4. The van der Waals surface area contributed by atoms with E-state index in [9.17, 15) is 18.3 Å². The van der Waals surface area contributed by atoms with Gasteiger partial charge in [0.15, 0.2) is 5.96 Å². The van der Waals surface area contributed by atoms with Crippen LogP contribution >= 0.6 is 24.0 Å². The molecule has 3 N–H and O–H groups in total. The molecule has 0 radical (unpaired) electrons. The summed E-state index contributed by atoms with van der Waals surface area (Å²) in [6, 6.07) is 8.19. The number of furan rings is 1. The summed E-state index contributed by atoms with van der Waals surface area (Å²) in [5.41, 5.74) is -1.73. The Morgan fingerprint density at radius 3 is 2.59 bits per heavy atom. The van der Waals surface area contributed by atoms with Gasteiger partial charge in [0, 0.05) is 12.1 Å². The van der Waals surface area contributed by atoms with E-state index in [0.717, 1.165) is 12.1 Å². The van der Waals surface area contributed by atoms with Crippen molar-refractivity contribution in [3.05, 3.63) is 59.5 Å². The number of aliphatic hydroxyl groups is 1. The lowest BCUT2D eigenvalue weighted by atomic mass is 10.0. The number of rotatable bonds is 5. The van der Waals surface area contributed by atoms with E-state index >= 15 is 0 Å². The number of hydrogen-bond acceptors (Lipinski definition) is 3. The third-order valence-electron chi connectivity index (χ3n) is 3.71. The maximum atomic E-state index is 12.7. The molecule has 0 saturated carbocycles. The lowest BCUT2D eigenvalue weighted by Crippen LogP contribution is -2.39. The Kier molecular flexibility index (Phi) is 9.52. The zero-order valence-corrected chi connectivity index (χ0v) is 18.3. The zero-order chi connectivity index (χ0) is 20.6. The Labute approximate surface area is 184 Å². The van der Waals surface area contributed by atoms with Gasteiger partial charge in [0.1, 0.15) is 11.4 Å². The Balaban J connectivity index is 0.00000420. The van der Waals surface area contributed by atoms with Crippen LogP contribution in [0.1, 0.15) is 30.7 Å². The van der Waals surface area contributed by atoms with Gasteiger partial charge >= 0.3 is 6.18 Å². The number of guanidine groups is 1. The van der Waals surface area contributed by atoms with Crippen LogP contribution in [0.5, 0.6) is 0 Å². The van der Waals surface area contributed by atoms with Gasteiger partial charge in [0.25, 0.3) is 0 Å². The molecule has 0 aliphatic carbocycles. The molecule has 1 aromatic carbocycles. The van der Waals surface area contributed by atoms with Gasteiger partial charge in [0.2, 0.25) is 0 Å². The van der Waals surface area contributed by atoms with Gasteiger partial charge < -0.3 is 20.2 Å². The molecule has 1 atom stereocenters. The van der Waals surface area contributed by atoms with Gasteiger partial charge in [0.05, 0.1) is 24.9 Å². The summed E-state index contributed by atoms with van der Waals surface area (Å²) >= 11 is 0. The zero-order valence-electron chi connectivity index (χ0n) is 16.0. The van der Waals surface area contributed by atoms with Crippen LogP contribution in [0.15, 0.2) is 52.1 Å². The van der Waals surface area contributed by atoms with Crippen LogP contribution in [0, 0.1) is 11.8 Å². The molecule has 29 heavy (non-hydrogen) atoms. The molecule has 0 aliphatic heterocycles. The smallest absolute Gasteiger partial charge is 0.416 e. The van der Waals surface area contributed by atoms with E-state index in [4.69, 9.17) is 4.42 Å². The number of benzene rings is 1. The van der Waals surface area contributed by atoms with Crippen molar-refractivity contribution in [1.29, 1.82) is 0 Å². The first-order chi connectivity index (χ1) is 13.2. The van der Waals surface area contributed by atoms with Crippen LogP contribution in [0.2, 0.25) is 0 Å². The normalized spacial score (nSPS) is 13.5. The van der Waals surface area contributed by atoms with Crippen LogP contribution in [0.25, 0.3) is 0 Å². The molecular weight excluding hydrogens is 498 g/mol. The molecule has 9 heteroatoms. The molecule has 158 valence electrons. The molecule has 0 saturated heterocycles. The van der Waals surface area contributed by atoms with Crippen molar-refractivity contribution in [3.8, 4) is 11.8 Å². The van der Waals surface area contributed by atoms with Crippen molar-refractivity contribution in [1.82, 2.24) is 10.6 Å². The first kappa shape index (κ1) is 24.8. The van der Waals surface area contributed by atoms with Crippen molar-refractivity contribution in [2.75, 3.05) is 19.6 Å². The average molecular weight is 521 g/mol. The van der Waals surface area contributed by atoms with E-state index in [1.54, 1.807) is 19.1 Å². The largest absolute Gasteiger partial charge is 0.466 e. The molecule has 0 bridgehead atoms. The molecule has 1 aromatic heterocycles. The fourth-order valence-corrected chi connectivity index (χ4v) is 2.29. The molecule has 0 spiro atoms. The van der Waals surface area contributed by atoms with Gasteiger partial charge in [-0.3, -0.25) is 0 Å². The van der Waals surface area contributed by atoms with Crippen molar-refractivity contribution >= 4 is 29.9 Å². The number of nitrogens with zero attached hydrogens (tertiary/aromatic N) is 1. The molecule has 5 nitrogen and oxygen atoms in total. The van der Waals surface area contributed by atoms with E-state index in [0.29, 0.717) is 18.3 Å². The van der Waals surface area contributed by atoms with Crippen LogP contribution in [-0.2, 0) is 11.8 Å². The SMILES string of the molecule is CCNC(=NCC(C)(O)c1ccco1)NCC#Cc1cccc(C(F)(F)F)c1.I. The number of nitrogens with one attached hydrogen (secondary N) is 2. The van der Waals surface area contributed by atoms with E-state index in [-0.39, 0.29) is 42.6 Å². The highest BCUT2D eigenvalue weighted by molar-refractivity contribution is 14.0. The Morgan fingerprint density at radius 2 is 1.97 bits per heavy atom. The average Bonchev–Trinajstić information content (AvgIpc) is 3.18. The topological polar surface area (TPSA) is 69.8 Å². The molecule has 1 heterocycles. The minimum Gasteiger partial charge on any atom is -0.466 e. The summed E-state index contributed by atoms with van der Waals surface area (Å²) in [6.07, 6.45) is -2.92. The predicted octanol–water partition coefficient (Wildman–Crippen LogP) is 3.73. The minimum absolute atomic E-state index is 0. The molecule has 0 aliphatic rings. The standard InChI is InChI=1S/C20H22F3N3O2.HI/c1-3-24-18(26-14-19(2,27)17-10-6-12-28-17)25-11-5-8-15-7-4-9-16(13-15)20(21,22)23;/h4,6-7,9-10,12-13,27H,3,11,14H2,1-2H3,(H2,24,25,26);1H. The summed E-state index contributed by atoms with van der Waals surface area (Å²) in [6.45, 7) is 4.29. The highest BCUT2D eigenvalue weighted by atomic mass is 127. The maximum Gasteiger partial charge on any atom is 0.416 e. The second kappa shape index (κ2) is 11.1. The van der Waals surface area contributed by atoms with Crippen LogP contribution < -0.4 is 10.6 Å².